The highest BCUT2D eigenvalue weighted by Gasteiger charge is 2.15. The Morgan fingerprint density at radius 3 is 2.71 bits per heavy atom. The number of benzene rings is 1. The van der Waals surface area contributed by atoms with Gasteiger partial charge in [0.2, 0.25) is 0 Å². The molecule has 0 aliphatic rings. The zero-order valence-corrected chi connectivity index (χ0v) is 10.3. The molecular weight excluding hydrogens is 217 g/mol. The Labute approximate surface area is 100 Å². The van der Waals surface area contributed by atoms with Crippen LogP contribution in [0.1, 0.15) is 11.3 Å². The van der Waals surface area contributed by atoms with Crippen LogP contribution in [0.5, 0.6) is 0 Å². The van der Waals surface area contributed by atoms with Crippen LogP contribution in [0.25, 0.3) is 11.3 Å². The first kappa shape index (κ1) is 11.8. The van der Waals surface area contributed by atoms with Crippen LogP contribution < -0.4 is 5.32 Å². The number of aryl methyl sites for hydroxylation is 1. The van der Waals surface area contributed by atoms with Gasteiger partial charge in [0.05, 0.1) is 11.4 Å². The molecule has 1 aromatic heterocycles. The number of nitrogens with one attached hydrogen (secondary N) is 1. The van der Waals surface area contributed by atoms with Crippen molar-refractivity contribution in [2.24, 2.45) is 7.05 Å². The van der Waals surface area contributed by atoms with E-state index < -0.39 is 0 Å². The third kappa shape index (κ3) is 2.08. The van der Waals surface area contributed by atoms with Crippen LogP contribution in [0, 0.1) is 12.7 Å². The Hall–Kier alpha value is -1.68. The fourth-order valence-electron chi connectivity index (χ4n) is 1.99. The molecule has 2 aromatic rings. The minimum Gasteiger partial charge on any atom is -0.314 e. The Morgan fingerprint density at radius 1 is 1.35 bits per heavy atom. The van der Waals surface area contributed by atoms with E-state index in [9.17, 15) is 4.39 Å². The first-order chi connectivity index (χ1) is 8.15. The van der Waals surface area contributed by atoms with Crippen LogP contribution >= 0.6 is 0 Å². The molecule has 0 spiro atoms. The van der Waals surface area contributed by atoms with Crippen LogP contribution in [0.4, 0.5) is 4.39 Å². The second kappa shape index (κ2) is 4.67. The molecule has 1 N–H and O–H groups in total. The van der Waals surface area contributed by atoms with Gasteiger partial charge in [0.25, 0.3) is 0 Å². The molecule has 0 saturated heterocycles. The molecule has 0 fully saturated rings. The first-order valence-electron chi connectivity index (χ1n) is 5.57. The van der Waals surface area contributed by atoms with Crippen LogP contribution in [0.15, 0.2) is 24.3 Å². The fraction of sp³-hybridized carbons (Fsp3) is 0.308. The number of hydrogen-bond donors (Lipinski definition) is 1. The third-order valence-electron chi connectivity index (χ3n) is 2.90. The molecule has 0 amide bonds. The van der Waals surface area contributed by atoms with Gasteiger partial charge in [0.15, 0.2) is 0 Å². The normalized spacial score (nSPS) is 10.8. The topological polar surface area (TPSA) is 29.9 Å². The number of aromatic nitrogens is 2. The minimum absolute atomic E-state index is 0.232. The van der Waals surface area contributed by atoms with Crippen molar-refractivity contribution in [2.75, 3.05) is 7.05 Å². The highest BCUT2D eigenvalue weighted by atomic mass is 19.1. The average molecular weight is 233 g/mol. The summed E-state index contributed by atoms with van der Waals surface area (Å²) in [5.41, 5.74) is 3.37. The maximum Gasteiger partial charge on any atom is 0.132 e. The van der Waals surface area contributed by atoms with Gasteiger partial charge in [-0.3, -0.25) is 4.68 Å². The highest BCUT2D eigenvalue weighted by Crippen LogP contribution is 2.26. The summed E-state index contributed by atoms with van der Waals surface area (Å²) in [6, 6.07) is 6.73. The van der Waals surface area contributed by atoms with E-state index in [2.05, 4.69) is 10.4 Å². The molecule has 17 heavy (non-hydrogen) atoms. The van der Waals surface area contributed by atoms with Gasteiger partial charge in [0.1, 0.15) is 5.82 Å². The van der Waals surface area contributed by atoms with Gasteiger partial charge >= 0.3 is 0 Å². The zero-order chi connectivity index (χ0) is 12.4. The lowest BCUT2D eigenvalue weighted by Crippen LogP contribution is -2.10. The van der Waals surface area contributed by atoms with E-state index in [1.807, 2.05) is 27.1 Å². The number of hydrogen-bond acceptors (Lipinski definition) is 2. The molecule has 0 radical (unpaired) electrons. The monoisotopic (exact) mass is 233 g/mol. The minimum atomic E-state index is -0.232. The van der Waals surface area contributed by atoms with Crippen molar-refractivity contribution in [3.63, 3.8) is 0 Å². The van der Waals surface area contributed by atoms with E-state index in [0.717, 1.165) is 23.5 Å². The molecule has 3 nitrogen and oxygen atoms in total. The Morgan fingerprint density at radius 2 is 2.06 bits per heavy atom. The van der Waals surface area contributed by atoms with Gasteiger partial charge in [-0.05, 0) is 31.7 Å². The summed E-state index contributed by atoms with van der Waals surface area (Å²) in [6.45, 7) is 2.70. The van der Waals surface area contributed by atoms with Gasteiger partial charge in [-0.1, -0.05) is 12.1 Å². The van der Waals surface area contributed by atoms with Gasteiger partial charge in [0, 0.05) is 19.2 Å². The third-order valence-corrected chi connectivity index (χ3v) is 2.90. The number of nitrogens with zero attached hydrogens (tertiary/aromatic N) is 2. The molecule has 4 heteroatoms. The highest BCUT2D eigenvalue weighted by molar-refractivity contribution is 5.64. The van der Waals surface area contributed by atoms with Crippen LogP contribution in [-0.4, -0.2) is 16.8 Å². The lowest BCUT2D eigenvalue weighted by Gasteiger charge is -2.02. The Bertz CT molecular complexity index is 531. The summed E-state index contributed by atoms with van der Waals surface area (Å²) >= 11 is 0. The molecule has 0 aliphatic carbocycles. The lowest BCUT2D eigenvalue weighted by atomic mass is 10.1. The lowest BCUT2D eigenvalue weighted by molar-refractivity contribution is 0.629. The van der Waals surface area contributed by atoms with E-state index in [4.69, 9.17) is 0 Å². The maximum absolute atomic E-state index is 13.7. The van der Waals surface area contributed by atoms with E-state index >= 15 is 0 Å². The molecular formula is C13H16FN3. The van der Waals surface area contributed by atoms with Gasteiger partial charge in [-0.25, -0.2) is 4.39 Å². The van der Waals surface area contributed by atoms with Crippen molar-refractivity contribution in [3.8, 4) is 11.3 Å². The van der Waals surface area contributed by atoms with Crippen LogP contribution in [0.3, 0.4) is 0 Å². The second-order valence-corrected chi connectivity index (χ2v) is 4.05. The van der Waals surface area contributed by atoms with Crippen molar-refractivity contribution in [3.05, 3.63) is 41.3 Å². The van der Waals surface area contributed by atoms with Gasteiger partial charge in [-0.2, -0.15) is 5.10 Å². The van der Waals surface area contributed by atoms with Crippen molar-refractivity contribution in [2.45, 2.75) is 13.5 Å². The van der Waals surface area contributed by atoms with Gasteiger partial charge < -0.3 is 5.32 Å². The van der Waals surface area contributed by atoms with Gasteiger partial charge in [-0.15, -0.1) is 0 Å². The van der Waals surface area contributed by atoms with E-state index in [0.29, 0.717) is 5.56 Å². The summed E-state index contributed by atoms with van der Waals surface area (Å²) in [4.78, 5) is 0. The predicted molar refractivity (Wildman–Crippen MR) is 66.1 cm³/mol. The fourth-order valence-corrected chi connectivity index (χ4v) is 1.99. The van der Waals surface area contributed by atoms with E-state index in [-0.39, 0.29) is 5.82 Å². The van der Waals surface area contributed by atoms with Crippen LogP contribution in [-0.2, 0) is 13.6 Å². The largest absolute Gasteiger partial charge is 0.314 e. The molecule has 1 heterocycles. The Kier molecular flexibility index (Phi) is 3.24. The summed E-state index contributed by atoms with van der Waals surface area (Å²) in [7, 11) is 3.76. The molecule has 0 saturated carbocycles. The molecule has 1 aromatic carbocycles. The molecule has 0 atom stereocenters. The summed E-state index contributed by atoms with van der Waals surface area (Å²) in [5.74, 6) is -0.232. The standard InChI is InChI=1S/C13H16FN3/c1-9-12(8-15-2)17(3)16-13(9)10-6-4-5-7-11(10)14/h4-7,15H,8H2,1-3H3. The Balaban J connectivity index is 2.54. The maximum atomic E-state index is 13.7. The van der Waals surface area contributed by atoms with E-state index in [1.54, 1.807) is 16.8 Å². The summed E-state index contributed by atoms with van der Waals surface area (Å²) in [6.07, 6.45) is 0. The molecule has 2 rings (SSSR count). The molecule has 0 aliphatic heterocycles. The molecule has 0 unspecified atom stereocenters. The second-order valence-electron chi connectivity index (χ2n) is 4.05. The van der Waals surface area contributed by atoms with Crippen molar-refractivity contribution >= 4 is 0 Å². The predicted octanol–water partition coefficient (Wildman–Crippen LogP) is 2.25. The van der Waals surface area contributed by atoms with Crippen molar-refractivity contribution < 1.29 is 4.39 Å². The van der Waals surface area contributed by atoms with Crippen molar-refractivity contribution in [1.82, 2.24) is 15.1 Å². The number of rotatable bonds is 3. The smallest absolute Gasteiger partial charge is 0.132 e. The molecule has 0 bridgehead atoms. The van der Waals surface area contributed by atoms with Crippen molar-refractivity contribution in [1.29, 1.82) is 0 Å². The van der Waals surface area contributed by atoms with Crippen LogP contribution in [0.2, 0.25) is 0 Å². The molecule has 90 valence electrons. The quantitative estimate of drug-likeness (QED) is 0.881. The number of halogens is 1. The zero-order valence-electron chi connectivity index (χ0n) is 10.3. The summed E-state index contributed by atoms with van der Waals surface area (Å²) in [5, 5.41) is 7.49. The average Bonchev–Trinajstić information content (AvgIpc) is 2.58. The SMILES string of the molecule is CNCc1c(C)c(-c2ccccc2F)nn1C. The first-order valence-corrected chi connectivity index (χ1v) is 5.57. The van der Waals surface area contributed by atoms with E-state index in [1.165, 1.54) is 6.07 Å². The summed E-state index contributed by atoms with van der Waals surface area (Å²) < 4.78 is 15.5.